The van der Waals surface area contributed by atoms with Crippen molar-refractivity contribution in [3.05, 3.63) is 77.1 Å². The third-order valence-corrected chi connectivity index (χ3v) is 10.1. The molecule has 3 aromatic heterocycles. The maximum atomic E-state index is 13.5. The molecule has 12 nitrogen and oxygen atoms in total. The predicted octanol–water partition coefficient (Wildman–Crippen LogP) is 6.57. The van der Waals surface area contributed by atoms with Crippen LogP contribution in [-0.4, -0.2) is 74.6 Å². The zero-order chi connectivity index (χ0) is 35.8. The SMILES string of the molecule is COCC(C)(C)c1nnc2ccc(O[C@@H]3CC[C@H](NC(=O)Nc4cc(C(C)(C)C)nc(C(=O)CCC5(N(C)C)CC5)n4)c4ccccc43)cn12. The van der Waals surface area contributed by atoms with Crippen LogP contribution >= 0.6 is 0 Å². The van der Waals surface area contributed by atoms with Crippen molar-refractivity contribution in [1.82, 2.24) is 34.8 Å². The van der Waals surface area contributed by atoms with E-state index in [9.17, 15) is 9.59 Å². The smallest absolute Gasteiger partial charge is 0.320 e. The minimum absolute atomic E-state index is 0.0918. The molecular formula is C38H50N8O4. The number of anilines is 1. The highest BCUT2D eigenvalue weighted by atomic mass is 16.5. The normalized spacial score (nSPS) is 18.5. The first-order valence-electron chi connectivity index (χ1n) is 17.5. The highest BCUT2D eigenvalue weighted by Gasteiger charge is 2.44. The van der Waals surface area contributed by atoms with Crippen LogP contribution in [0.5, 0.6) is 5.75 Å². The summed E-state index contributed by atoms with van der Waals surface area (Å²) < 4.78 is 14.0. The number of fused-ring (bicyclic) bond motifs is 2. The van der Waals surface area contributed by atoms with Crippen molar-refractivity contribution < 1.29 is 19.1 Å². The highest BCUT2D eigenvalue weighted by Crippen LogP contribution is 2.44. The first-order chi connectivity index (χ1) is 23.7. The second-order valence-corrected chi connectivity index (χ2v) is 15.7. The van der Waals surface area contributed by atoms with Gasteiger partial charge in [0.2, 0.25) is 0 Å². The number of benzene rings is 1. The number of methoxy groups -OCH3 is 1. The Hall–Kier alpha value is -4.42. The van der Waals surface area contributed by atoms with Gasteiger partial charge in [0.25, 0.3) is 0 Å². The van der Waals surface area contributed by atoms with Crippen molar-refractivity contribution >= 4 is 23.3 Å². The number of ether oxygens (including phenoxy) is 2. The van der Waals surface area contributed by atoms with Gasteiger partial charge in [0.1, 0.15) is 23.5 Å². The number of carbonyl (C=O) groups excluding carboxylic acids is 2. The average Bonchev–Trinajstić information content (AvgIpc) is 3.75. The van der Waals surface area contributed by atoms with Gasteiger partial charge in [0.15, 0.2) is 17.3 Å². The standard InChI is InChI=1S/C38H50N8O4/c1-36(2,3)30-21-31(41-33(40-30)28(47)17-18-38(19-20-38)45(6)7)42-35(48)39-27-14-15-29(26-12-10-9-11-25(26)27)50-24-13-16-32-43-44-34(46(32)22-24)37(4,5)23-49-8/h9-13,16,21-22,27,29H,14-15,17-20,23H2,1-8H3,(H2,39,40,41,42,48)/t27-,29+/m0/s1. The molecule has 0 spiro atoms. The van der Waals surface area contributed by atoms with Crippen LogP contribution in [0.4, 0.5) is 10.6 Å². The summed E-state index contributed by atoms with van der Waals surface area (Å²) in [5, 5.41) is 14.8. The molecule has 2 aliphatic carbocycles. The number of ketones is 1. The summed E-state index contributed by atoms with van der Waals surface area (Å²) in [6, 6.07) is 13.0. The zero-order valence-corrected chi connectivity index (χ0v) is 30.5. The Morgan fingerprint density at radius 1 is 1.00 bits per heavy atom. The minimum atomic E-state index is -0.394. The van der Waals surface area contributed by atoms with Crippen LogP contribution in [0.1, 0.15) is 119 Å². The monoisotopic (exact) mass is 682 g/mol. The maximum absolute atomic E-state index is 13.5. The van der Waals surface area contributed by atoms with Crippen molar-refractivity contribution in [2.45, 2.75) is 102 Å². The van der Waals surface area contributed by atoms with E-state index in [4.69, 9.17) is 9.47 Å². The summed E-state index contributed by atoms with van der Waals surface area (Å²) in [7, 11) is 5.81. The second kappa shape index (κ2) is 13.7. The molecule has 0 aliphatic heterocycles. The predicted molar refractivity (Wildman–Crippen MR) is 192 cm³/mol. The van der Waals surface area contributed by atoms with Gasteiger partial charge in [0.05, 0.1) is 24.5 Å². The first-order valence-corrected chi connectivity index (χ1v) is 17.5. The van der Waals surface area contributed by atoms with E-state index in [1.54, 1.807) is 13.2 Å². The number of aromatic nitrogens is 5. The lowest BCUT2D eigenvalue weighted by Gasteiger charge is -2.32. The van der Waals surface area contributed by atoms with E-state index in [1.165, 1.54) is 0 Å². The van der Waals surface area contributed by atoms with Gasteiger partial charge in [0, 0.05) is 36.0 Å². The van der Waals surface area contributed by atoms with E-state index < -0.39 is 6.03 Å². The lowest BCUT2D eigenvalue weighted by atomic mass is 9.85. The van der Waals surface area contributed by atoms with Crippen LogP contribution in [0.25, 0.3) is 5.65 Å². The third kappa shape index (κ3) is 7.51. The molecule has 1 saturated carbocycles. The number of Topliss-reactive ketones (excluding diaryl/α,β-unsaturated/α-hetero) is 1. The van der Waals surface area contributed by atoms with Gasteiger partial charge in [-0.25, -0.2) is 14.8 Å². The van der Waals surface area contributed by atoms with E-state index in [-0.39, 0.29) is 40.1 Å². The number of nitrogens with one attached hydrogen (secondary N) is 2. The van der Waals surface area contributed by atoms with Gasteiger partial charge in [-0.3, -0.25) is 14.5 Å². The van der Waals surface area contributed by atoms with Crippen LogP contribution in [0, 0.1) is 0 Å². The fourth-order valence-corrected chi connectivity index (χ4v) is 6.87. The molecule has 6 rings (SSSR count). The fourth-order valence-electron chi connectivity index (χ4n) is 6.87. The quantitative estimate of drug-likeness (QED) is 0.159. The van der Waals surface area contributed by atoms with Gasteiger partial charge in [-0.2, -0.15) is 0 Å². The van der Waals surface area contributed by atoms with Crippen molar-refractivity contribution in [2.24, 2.45) is 0 Å². The van der Waals surface area contributed by atoms with Crippen molar-refractivity contribution in [3.63, 3.8) is 0 Å². The molecule has 0 bridgehead atoms. The van der Waals surface area contributed by atoms with Gasteiger partial charge in [-0.15, -0.1) is 10.2 Å². The van der Waals surface area contributed by atoms with Crippen molar-refractivity contribution in [3.8, 4) is 5.75 Å². The van der Waals surface area contributed by atoms with E-state index in [0.717, 1.165) is 41.9 Å². The molecule has 3 heterocycles. The molecule has 1 fully saturated rings. The number of urea groups is 1. The van der Waals surface area contributed by atoms with Crippen LogP contribution in [0.15, 0.2) is 48.7 Å². The van der Waals surface area contributed by atoms with E-state index in [0.29, 0.717) is 43.1 Å². The summed E-state index contributed by atoms with van der Waals surface area (Å²) in [5.74, 6) is 1.84. The van der Waals surface area contributed by atoms with E-state index in [2.05, 4.69) is 69.7 Å². The third-order valence-electron chi connectivity index (χ3n) is 10.1. The molecule has 2 N–H and O–H groups in total. The molecular weight excluding hydrogens is 632 g/mol. The number of rotatable bonds is 12. The maximum Gasteiger partial charge on any atom is 0.320 e. The molecule has 266 valence electrons. The Bertz CT molecular complexity index is 1870. The zero-order valence-electron chi connectivity index (χ0n) is 30.5. The van der Waals surface area contributed by atoms with Crippen molar-refractivity contribution in [2.75, 3.05) is 33.1 Å². The number of hydrogen-bond acceptors (Lipinski definition) is 9. The molecule has 50 heavy (non-hydrogen) atoms. The Labute approximate surface area is 294 Å². The van der Waals surface area contributed by atoms with Crippen LogP contribution < -0.4 is 15.4 Å². The summed E-state index contributed by atoms with van der Waals surface area (Å²) in [4.78, 5) is 38.1. The van der Waals surface area contributed by atoms with Gasteiger partial charge >= 0.3 is 6.03 Å². The number of carbonyl (C=O) groups is 2. The minimum Gasteiger partial charge on any atom is -0.484 e. The Morgan fingerprint density at radius 3 is 2.42 bits per heavy atom. The molecule has 2 atom stereocenters. The highest BCUT2D eigenvalue weighted by molar-refractivity contribution is 5.94. The Morgan fingerprint density at radius 2 is 1.74 bits per heavy atom. The molecule has 2 aliphatic rings. The summed E-state index contributed by atoms with van der Waals surface area (Å²) >= 11 is 0. The Balaban J connectivity index is 1.16. The number of hydrogen-bond donors (Lipinski definition) is 2. The molecule has 0 unspecified atom stereocenters. The largest absolute Gasteiger partial charge is 0.484 e. The van der Waals surface area contributed by atoms with Gasteiger partial charge in [-0.1, -0.05) is 58.9 Å². The lowest BCUT2D eigenvalue weighted by molar-refractivity contribution is 0.0953. The van der Waals surface area contributed by atoms with Gasteiger partial charge < -0.3 is 19.7 Å². The molecule has 12 heteroatoms. The van der Waals surface area contributed by atoms with E-state index in [1.807, 2.05) is 61.7 Å². The Kier molecular flexibility index (Phi) is 9.71. The summed E-state index contributed by atoms with van der Waals surface area (Å²) in [6.45, 7) is 10.7. The first kappa shape index (κ1) is 35.4. The lowest BCUT2D eigenvalue weighted by Crippen LogP contribution is -2.36. The average molecular weight is 683 g/mol. The van der Waals surface area contributed by atoms with Crippen LogP contribution in [0.3, 0.4) is 0 Å². The van der Waals surface area contributed by atoms with Gasteiger partial charge in [-0.05, 0) is 69.5 Å². The summed E-state index contributed by atoms with van der Waals surface area (Å²) in [5.41, 5.74) is 2.85. The fraction of sp³-hybridized carbons (Fsp3) is 0.526. The second-order valence-electron chi connectivity index (χ2n) is 15.7. The van der Waals surface area contributed by atoms with Crippen molar-refractivity contribution in [1.29, 1.82) is 0 Å². The number of amides is 2. The van der Waals surface area contributed by atoms with Crippen LogP contribution in [0.2, 0.25) is 0 Å². The molecule has 1 aromatic carbocycles. The van der Waals surface area contributed by atoms with Crippen LogP contribution in [-0.2, 0) is 15.6 Å². The number of pyridine rings is 1. The topological polar surface area (TPSA) is 136 Å². The molecule has 2 amide bonds. The number of nitrogens with zero attached hydrogens (tertiary/aromatic N) is 6. The molecule has 4 aromatic rings. The summed E-state index contributed by atoms with van der Waals surface area (Å²) in [6.07, 6.45) is 6.40. The molecule has 0 saturated heterocycles. The molecule has 0 radical (unpaired) electrons. The van der Waals surface area contributed by atoms with E-state index >= 15 is 0 Å².